The Morgan fingerprint density at radius 1 is 1.10 bits per heavy atom. The van der Waals surface area contributed by atoms with Gasteiger partial charge >= 0.3 is 6.36 Å². The zero-order valence-corrected chi connectivity index (χ0v) is 17.3. The summed E-state index contributed by atoms with van der Waals surface area (Å²) in [6.07, 6.45) is -3.92. The first-order valence-corrected chi connectivity index (χ1v) is 10.5. The van der Waals surface area contributed by atoms with Crippen LogP contribution in [-0.4, -0.2) is 33.0 Å². The second-order valence-corrected chi connectivity index (χ2v) is 8.57. The van der Waals surface area contributed by atoms with Gasteiger partial charge < -0.3 is 10.1 Å². The predicted octanol–water partition coefficient (Wildman–Crippen LogP) is 4.69. The minimum absolute atomic E-state index is 0.102. The largest absolute Gasteiger partial charge is 0.573 e. The minimum Gasteiger partial charge on any atom is -0.406 e. The Morgan fingerprint density at radius 3 is 2.17 bits per heavy atom. The lowest BCUT2D eigenvalue weighted by atomic mass is 10.2. The molecule has 0 aliphatic heterocycles. The van der Waals surface area contributed by atoms with E-state index >= 15 is 0 Å². The Bertz CT molecular complexity index is 999. The van der Waals surface area contributed by atoms with E-state index in [1.165, 1.54) is 37.3 Å². The van der Waals surface area contributed by atoms with Crippen molar-refractivity contribution < 1.29 is 31.1 Å². The van der Waals surface area contributed by atoms with Crippen LogP contribution in [0.1, 0.15) is 6.92 Å². The molecular weight excluding hydrogens is 456 g/mol. The number of sulfonamides is 1. The van der Waals surface area contributed by atoms with Crippen LogP contribution in [0.25, 0.3) is 0 Å². The molecule has 1 atom stereocenters. The Hall–Kier alpha value is -2.17. The highest BCUT2D eigenvalue weighted by Crippen LogP contribution is 2.30. The van der Waals surface area contributed by atoms with Crippen LogP contribution in [0.2, 0.25) is 10.0 Å². The molecule has 2 rings (SSSR count). The summed E-state index contributed by atoms with van der Waals surface area (Å²) in [6, 6.07) is 7.29. The van der Waals surface area contributed by atoms with Crippen molar-refractivity contribution in [3.63, 3.8) is 0 Å². The van der Waals surface area contributed by atoms with Crippen LogP contribution in [0.4, 0.5) is 24.5 Å². The van der Waals surface area contributed by atoms with Gasteiger partial charge in [-0.05, 0) is 49.4 Å². The van der Waals surface area contributed by atoms with E-state index in [9.17, 15) is 26.4 Å². The van der Waals surface area contributed by atoms with E-state index in [0.29, 0.717) is 0 Å². The molecule has 0 aliphatic carbocycles. The van der Waals surface area contributed by atoms with Gasteiger partial charge in [0.2, 0.25) is 15.9 Å². The van der Waals surface area contributed by atoms with E-state index in [2.05, 4.69) is 10.1 Å². The summed E-state index contributed by atoms with van der Waals surface area (Å²) in [5.41, 5.74) is 0.275. The number of nitrogens with one attached hydrogen (secondary N) is 1. The molecule has 0 unspecified atom stereocenters. The van der Waals surface area contributed by atoms with Gasteiger partial charge in [0.1, 0.15) is 11.8 Å². The van der Waals surface area contributed by atoms with E-state index in [0.717, 1.165) is 22.7 Å². The first-order valence-electron chi connectivity index (χ1n) is 7.89. The highest BCUT2D eigenvalue weighted by atomic mass is 35.5. The zero-order chi connectivity index (χ0) is 22.0. The summed E-state index contributed by atoms with van der Waals surface area (Å²) in [5.74, 6) is -1.18. The summed E-state index contributed by atoms with van der Waals surface area (Å²) in [6.45, 7) is 1.35. The number of rotatable bonds is 6. The Labute approximate surface area is 175 Å². The predicted molar refractivity (Wildman–Crippen MR) is 105 cm³/mol. The van der Waals surface area contributed by atoms with Crippen LogP contribution in [0.3, 0.4) is 0 Å². The molecule has 1 N–H and O–H groups in total. The molecule has 158 valence electrons. The molecule has 6 nitrogen and oxygen atoms in total. The standard InChI is InChI=1S/C17H15Cl2F3N2O4S/c1-10(24(29(2,26)27)12-5-8-14(18)15(19)9-12)16(25)23-11-3-6-13(7-4-11)28-17(20,21)22/h3-10H,1-2H3,(H,23,25)/t10-/m0/s1. The number of ether oxygens (including phenoxy) is 1. The average Bonchev–Trinajstić information content (AvgIpc) is 2.57. The van der Waals surface area contributed by atoms with Crippen LogP contribution in [-0.2, 0) is 14.8 Å². The van der Waals surface area contributed by atoms with Crippen molar-refractivity contribution in [2.75, 3.05) is 15.9 Å². The van der Waals surface area contributed by atoms with E-state index in [1.807, 2.05) is 0 Å². The Balaban J connectivity index is 2.22. The third kappa shape index (κ3) is 6.41. The second kappa shape index (κ2) is 8.68. The van der Waals surface area contributed by atoms with E-state index in [1.54, 1.807) is 0 Å². The van der Waals surface area contributed by atoms with Crippen molar-refractivity contribution in [1.29, 1.82) is 0 Å². The van der Waals surface area contributed by atoms with Gasteiger partial charge in [-0.3, -0.25) is 9.10 Å². The molecule has 12 heteroatoms. The first-order chi connectivity index (χ1) is 13.3. The van der Waals surface area contributed by atoms with E-state index in [-0.39, 0.29) is 21.4 Å². The maximum atomic E-state index is 12.6. The summed E-state index contributed by atoms with van der Waals surface area (Å²) >= 11 is 11.8. The number of nitrogens with zero attached hydrogens (tertiary/aromatic N) is 1. The number of amides is 1. The molecule has 2 aromatic rings. The highest BCUT2D eigenvalue weighted by molar-refractivity contribution is 7.92. The number of carbonyl (C=O) groups is 1. The van der Waals surface area contributed by atoms with Crippen molar-refractivity contribution in [3.05, 3.63) is 52.5 Å². The van der Waals surface area contributed by atoms with Crippen molar-refractivity contribution >= 4 is 50.5 Å². The lowest BCUT2D eigenvalue weighted by Crippen LogP contribution is -2.45. The molecule has 0 fully saturated rings. The van der Waals surface area contributed by atoms with Gasteiger partial charge in [-0.25, -0.2) is 8.42 Å². The number of alkyl halides is 3. The molecule has 0 aromatic heterocycles. The summed E-state index contributed by atoms with van der Waals surface area (Å²) in [5, 5.41) is 2.75. The number of halogens is 5. The Kier molecular flexibility index (Phi) is 6.92. The maximum Gasteiger partial charge on any atom is 0.573 e. The lowest BCUT2D eigenvalue weighted by Gasteiger charge is -2.28. The van der Waals surface area contributed by atoms with E-state index < -0.39 is 34.1 Å². The van der Waals surface area contributed by atoms with Crippen molar-refractivity contribution in [2.24, 2.45) is 0 Å². The average molecular weight is 471 g/mol. The molecule has 0 saturated carbocycles. The summed E-state index contributed by atoms with van der Waals surface area (Å²) in [4.78, 5) is 12.6. The monoisotopic (exact) mass is 470 g/mol. The van der Waals surface area contributed by atoms with E-state index in [4.69, 9.17) is 23.2 Å². The molecule has 0 heterocycles. The third-order valence-electron chi connectivity index (χ3n) is 3.60. The quantitative estimate of drug-likeness (QED) is 0.664. The molecule has 0 spiro atoms. The molecule has 29 heavy (non-hydrogen) atoms. The number of anilines is 2. The van der Waals surface area contributed by atoms with Crippen LogP contribution in [0.15, 0.2) is 42.5 Å². The molecular formula is C17H15Cl2F3N2O4S. The van der Waals surface area contributed by atoms with Gasteiger partial charge in [0, 0.05) is 5.69 Å². The van der Waals surface area contributed by atoms with Gasteiger partial charge in [-0.1, -0.05) is 23.2 Å². The molecule has 0 saturated heterocycles. The fourth-order valence-corrected chi connectivity index (χ4v) is 3.88. The van der Waals surface area contributed by atoms with Gasteiger partial charge in [-0.15, -0.1) is 13.2 Å². The molecule has 2 aromatic carbocycles. The third-order valence-corrected chi connectivity index (χ3v) is 5.58. The van der Waals surface area contributed by atoms with Gasteiger partial charge in [-0.2, -0.15) is 0 Å². The lowest BCUT2D eigenvalue weighted by molar-refractivity contribution is -0.274. The second-order valence-electron chi connectivity index (χ2n) is 5.89. The number of hydrogen-bond donors (Lipinski definition) is 1. The normalized spacial score (nSPS) is 12.9. The Morgan fingerprint density at radius 2 is 1.69 bits per heavy atom. The summed E-state index contributed by atoms with van der Waals surface area (Å²) in [7, 11) is -3.89. The maximum absolute atomic E-state index is 12.6. The topological polar surface area (TPSA) is 75.7 Å². The SMILES string of the molecule is C[C@@H](C(=O)Nc1ccc(OC(F)(F)F)cc1)N(c1ccc(Cl)c(Cl)c1)S(C)(=O)=O. The molecule has 0 bridgehead atoms. The van der Waals surface area contributed by atoms with Crippen LogP contribution < -0.4 is 14.4 Å². The summed E-state index contributed by atoms with van der Waals surface area (Å²) < 4.78 is 65.7. The number of hydrogen-bond acceptors (Lipinski definition) is 4. The van der Waals surface area contributed by atoms with Gasteiger partial charge in [0.25, 0.3) is 0 Å². The van der Waals surface area contributed by atoms with Crippen LogP contribution in [0, 0.1) is 0 Å². The van der Waals surface area contributed by atoms with Crippen molar-refractivity contribution in [3.8, 4) is 5.75 Å². The fourth-order valence-electron chi connectivity index (χ4n) is 2.42. The van der Waals surface area contributed by atoms with Crippen molar-refractivity contribution in [1.82, 2.24) is 0 Å². The minimum atomic E-state index is -4.84. The molecule has 1 amide bonds. The highest BCUT2D eigenvalue weighted by Gasteiger charge is 2.31. The number of benzene rings is 2. The molecule has 0 aliphatic rings. The van der Waals surface area contributed by atoms with Crippen LogP contribution in [0.5, 0.6) is 5.75 Å². The van der Waals surface area contributed by atoms with Crippen molar-refractivity contribution in [2.45, 2.75) is 19.3 Å². The molecule has 0 radical (unpaired) electrons. The van der Waals surface area contributed by atoms with Crippen LogP contribution >= 0.6 is 23.2 Å². The fraction of sp³-hybridized carbons (Fsp3) is 0.235. The van der Waals surface area contributed by atoms with Gasteiger partial charge in [0.15, 0.2) is 0 Å². The zero-order valence-electron chi connectivity index (χ0n) is 15.0. The van der Waals surface area contributed by atoms with Gasteiger partial charge in [0.05, 0.1) is 22.0 Å². The smallest absolute Gasteiger partial charge is 0.406 e. The first kappa shape index (κ1) is 23.1. The number of carbonyl (C=O) groups excluding carboxylic acids is 1.